The number of nitrogens with zero attached hydrogens (tertiary/aromatic N) is 1. The molecule has 0 amide bonds. The van der Waals surface area contributed by atoms with E-state index in [4.69, 9.17) is 21.8 Å². The van der Waals surface area contributed by atoms with Crippen molar-refractivity contribution in [3.8, 4) is 0 Å². The van der Waals surface area contributed by atoms with Gasteiger partial charge in [0.25, 0.3) is 0 Å². The summed E-state index contributed by atoms with van der Waals surface area (Å²) in [6, 6.07) is 18.8. The maximum Gasteiger partial charge on any atom is 0.193 e. The van der Waals surface area contributed by atoms with E-state index in [9.17, 15) is 4.21 Å². The predicted octanol–water partition coefficient (Wildman–Crippen LogP) is 5.53. The van der Waals surface area contributed by atoms with Gasteiger partial charge in [0.1, 0.15) is 22.2 Å². The van der Waals surface area contributed by atoms with Crippen molar-refractivity contribution in [3.05, 3.63) is 77.4 Å². The summed E-state index contributed by atoms with van der Waals surface area (Å²) in [4.78, 5) is 5.02. The summed E-state index contributed by atoms with van der Waals surface area (Å²) in [5, 5.41) is 5.24. The van der Waals surface area contributed by atoms with Crippen molar-refractivity contribution >= 4 is 56.6 Å². The maximum absolute atomic E-state index is 12.7. The lowest BCUT2D eigenvalue weighted by Crippen LogP contribution is -2.08. The number of aromatic nitrogens is 1. The van der Waals surface area contributed by atoms with Crippen LogP contribution in [0.3, 0.4) is 0 Å². The number of benzene rings is 2. The summed E-state index contributed by atoms with van der Waals surface area (Å²) in [6.45, 7) is 0. The van der Waals surface area contributed by atoms with Gasteiger partial charge in [0, 0.05) is 33.3 Å². The van der Waals surface area contributed by atoms with Crippen molar-refractivity contribution in [1.82, 2.24) is 4.98 Å². The summed E-state index contributed by atoms with van der Waals surface area (Å²) in [5.74, 6) is 1.45. The van der Waals surface area contributed by atoms with Crippen LogP contribution in [0, 0.1) is 0 Å². The Hall–Kier alpha value is -2.48. The zero-order chi connectivity index (χ0) is 20.2. The molecule has 4 aromatic rings. The van der Waals surface area contributed by atoms with E-state index in [1.54, 1.807) is 18.0 Å². The lowest BCUT2D eigenvalue weighted by molar-refractivity contribution is 0.503. The molecule has 0 aliphatic heterocycles. The monoisotopic (exact) mass is 443 g/mol. The molecule has 5 nitrogen and oxygen atoms in total. The van der Waals surface area contributed by atoms with Crippen LogP contribution in [0.4, 0.5) is 11.5 Å². The number of hydrogen-bond acceptors (Lipinski definition) is 6. The minimum atomic E-state index is -1.33. The van der Waals surface area contributed by atoms with Crippen LogP contribution >= 0.6 is 23.4 Å². The molecule has 2 aromatic heterocycles. The first kappa shape index (κ1) is 19.8. The van der Waals surface area contributed by atoms with Gasteiger partial charge in [0.2, 0.25) is 0 Å². The fraction of sp³-hybridized carbons (Fsp3) is 0.0952. The van der Waals surface area contributed by atoms with E-state index < -0.39 is 10.8 Å². The highest BCUT2D eigenvalue weighted by atomic mass is 35.5. The van der Waals surface area contributed by atoms with Crippen molar-refractivity contribution in [2.24, 2.45) is 0 Å². The van der Waals surface area contributed by atoms with Gasteiger partial charge >= 0.3 is 0 Å². The Morgan fingerprint density at radius 2 is 2.00 bits per heavy atom. The van der Waals surface area contributed by atoms with Crippen LogP contribution in [0.5, 0.6) is 0 Å². The van der Waals surface area contributed by atoms with E-state index in [0.717, 1.165) is 32.9 Å². The molecular weight excluding hydrogens is 426 g/mol. The van der Waals surface area contributed by atoms with Crippen molar-refractivity contribution in [3.63, 3.8) is 0 Å². The van der Waals surface area contributed by atoms with Gasteiger partial charge in [-0.2, -0.15) is 0 Å². The Morgan fingerprint density at radius 3 is 2.83 bits per heavy atom. The number of hydrogen-bond donors (Lipinski definition) is 2. The molecule has 0 aliphatic carbocycles. The number of rotatable bonds is 7. The van der Waals surface area contributed by atoms with E-state index >= 15 is 0 Å². The maximum atomic E-state index is 12.7. The minimum Gasteiger partial charge on any atom is -0.447 e. The standard InChI is InChI=1S/C21H18ClN3O2S2/c22-16-5-6-19(28-12-14-7-8-24-20(23)9-14)17(11-16)25-13-29(26)21-10-15-3-1-2-4-18(15)27-21/h1-11,25H,12-13H2,(H2,23,24). The zero-order valence-corrected chi connectivity index (χ0v) is 17.7. The van der Waals surface area contributed by atoms with Crippen LogP contribution in [0.25, 0.3) is 11.0 Å². The highest BCUT2D eigenvalue weighted by Crippen LogP contribution is 2.32. The van der Waals surface area contributed by atoms with Gasteiger partial charge < -0.3 is 15.5 Å². The third-order valence-electron chi connectivity index (χ3n) is 4.20. The molecule has 29 heavy (non-hydrogen) atoms. The second kappa shape index (κ2) is 8.90. The number of thioether (sulfide) groups is 1. The van der Waals surface area contributed by atoms with E-state index in [0.29, 0.717) is 15.9 Å². The molecule has 0 fully saturated rings. The summed E-state index contributed by atoms with van der Waals surface area (Å²) in [5.41, 5.74) is 8.38. The molecule has 0 radical (unpaired) electrons. The number of para-hydroxylation sites is 1. The fourth-order valence-corrected chi connectivity index (χ4v) is 4.79. The number of nitrogen functional groups attached to an aromatic ring is 1. The van der Waals surface area contributed by atoms with Gasteiger partial charge in [-0.3, -0.25) is 0 Å². The number of pyridine rings is 1. The van der Waals surface area contributed by atoms with Gasteiger partial charge in [-0.05, 0) is 42.0 Å². The zero-order valence-electron chi connectivity index (χ0n) is 15.3. The SMILES string of the molecule is Nc1cc(CSc2ccc(Cl)cc2NCS(=O)c2cc3ccccc3o2)ccn1. The first-order valence-electron chi connectivity index (χ1n) is 8.82. The van der Waals surface area contributed by atoms with Crippen LogP contribution in [0.15, 0.2) is 81.3 Å². The number of anilines is 2. The Balaban J connectivity index is 1.46. The van der Waals surface area contributed by atoms with Gasteiger partial charge in [-0.25, -0.2) is 9.19 Å². The van der Waals surface area contributed by atoms with E-state index in [-0.39, 0.29) is 5.88 Å². The largest absolute Gasteiger partial charge is 0.447 e. The average molecular weight is 444 g/mol. The van der Waals surface area contributed by atoms with Gasteiger partial charge in [-0.1, -0.05) is 29.8 Å². The Labute approximate surface area is 180 Å². The molecule has 0 saturated heterocycles. The van der Waals surface area contributed by atoms with E-state index in [1.165, 1.54) is 0 Å². The van der Waals surface area contributed by atoms with Crippen LogP contribution in [0.2, 0.25) is 5.02 Å². The smallest absolute Gasteiger partial charge is 0.193 e. The second-order valence-corrected chi connectivity index (χ2v) is 9.12. The predicted molar refractivity (Wildman–Crippen MR) is 121 cm³/mol. The quantitative estimate of drug-likeness (QED) is 0.365. The molecule has 0 aliphatic rings. The van der Waals surface area contributed by atoms with E-state index in [2.05, 4.69) is 10.3 Å². The van der Waals surface area contributed by atoms with Crippen molar-refractivity contribution in [2.75, 3.05) is 16.9 Å². The average Bonchev–Trinajstić information content (AvgIpc) is 3.16. The molecule has 2 heterocycles. The van der Waals surface area contributed by atoms with Crippen molar-refractivity contribution in [1.29, 1.82) is 0 Å². The van der Waals surface area contributed by atoms with Gasteiger partial charge in [-0.15, -0.1) is 11.8 Å². The first-order valence-corrected chi connectivity index (χ1v) is 11.5. The topological polar surface area (TPSA) is 81.1 Å². The Kier molecular flexibility index (Phi) is 6.08. The fourth-order valence-electron chi connectivity index (χ4n) is 2.80. The van der Waals surface area contributed by atoms with Gasteiger partial charge in [0.15, 0.2) is 5.09 Å². The molecule has 8 heteroatoms. The van der Waals surface area contributed by atoms with Crippen molar-refractivity contribution < 1.29 is 8.63 Å². The molecule has 148 valence electrons. The lowest BCUT2D eigenvalue weighted by Gasteiger charge is -2.12. The van der Waals surface area contributed by atoms with Crippen LogP contribution < -0.4 is 11.1 Å². The minimum absolute atomic E-state index is 0.218. The molecule has 0 spiro atoms. The molecule has 2 aromatic carbocycles. The molecule has 3 N–H and O–H groups in total. The van der Waals surface area contributed by atoms with Crippen LogP contribution in [-0.4, -0.2) is 15.1 Å². The Bertz CT molecular complexity index is 1150. The third-order valence-corrected chi connectivity index (χ3v) is 6.64. The second-order valence-electron chi connectivity index (χ2n) is 6.29. The van der Waals surface area contributed by atoms with E-state index in [1.807, 2.05) is 60.7 Å². The number of halogens is 1. The van der Waals surface area contributed by atoms with Crippen LogP contribution in [-0.2, 0) is 16.6 Å². The number of furan rings is 1. The van der Waals surface area contributed by atoms with Crippen LogP contribution in [0.1, 0.15) is 5.56 Å². The normalized spacial score (nSPS) is 12.2. The highest BCUT2D eigenvalue weighted by molar-refractivity contribution is 7.98. The highest BCUT2D eigenvalue weighted by Gasteiger charge is 2.12. The molecular formula is C21H18ClN3O2S2. The number of nitrogens with two attached hydrogens (primary N) is 1. The third kappa shape index (κ3) is 4.93. The number of fused-ring (bicyclic) bond motifs is 1. The summed E-state index contributed by atoms with van der Waals surface area (Å²) in [7, 11) is -1.33. The lowest BCUT2D eigenvalue weighted by atomic mass is 10.3. The Morgan fingerprint density at radius 1 is 1.14 bits per heavy atom. The summed E-state index contributed by atoms with van der Waals surface area (Å²) in [6.07, 6.45) is 1.70. The van der Waals surface area contributed by atoms with Crippen molar-refractivity contribution in [2.45, 2.75) is 15.7 Å². The number of nitrogens with one attached hydrogen (secondary N) is 1. The molecule has 0 bridgehead atoms. The molecule has 1 atom stereocenters. The first-order chi connectivity index (χ1) is 14.1. The molecule has 4 rings (SSSR count). The molecule has 1 unspecified atom stereocenters. The molecule has 0 saturated carbocycles. The summed E-state index contributed by atoms with van der Waals surface area (Å²) >= 11 is 7.81. The summed E-state index contributed by atoms with van der Waals surface area (Å²) < 4.78 is 18.4. The van der Waals surface area contributed by atoms with Gasteiger partial charge in [0.05, 0.1) is 11.6 Å².